The highest BCUT2D eigenvalue weighted by atomic mass is 35.5. The maximum Gasteiger partial charge on any atom is 0.274 e. The third kappa shape index (κ3) is 5.11. The topological polar surface area (TPSA) is 110 Å². The number of benzene rings is 2. The minimum atomic E-state index is -1.57. The molecule has 6 nitrogen and oxygen atoms in total. The summed E-state index contributed by atoms with van der Waals surface area (Å²) in [5, 5.41) is 10.8. The number of rotatable bonds is 6. The second-order valence-corrected chi connectivity index (χ2v) is 6.09. The lowest BCUT2D eigenvalue weighted by Crippen LogP contribution is -2.53. The average molecular weight is 362 g/mol. The Morgan fingerprint density at radius 2 is 1.80 bits per heavy atom. The van der Waals surface area contributed by atoms with Gasteiger partial charge in [-0.25, -0.2) is 10.9 Å². The van der Waals surface area contributed by atoms with Crippen molar-refractivity contribution in [3.05, 3.63) is 70.7 Å². The fourth-order valence-electron chi connectivity index (χ4n) is 2.32. The molecule has 2 rings (SSSR count). The molecule has 0 aromatic heterocycles. The van der Waals surface area contributed by atoms with Crippen molar-refractivity contribution in [3.8, 4) is 0 Å². The number of aryl methyl sites for hydroxylation is 1. The van der Waals surface area contributed by atoms with E-state index in [0.717, 1.165) is 5.56 Å². The van der Waals surface area contributed by atoms with E-state index in [2.05, 4.69) is 0 Å². The molecule has 0 radical (unpaired) electrons. The number of hydrazine groups is 1. The molecule has 0 spiro atoms. The minimum absolute atomic E-state index is 0.147. The monoisotopic (exact) mass is 361 g/mol. The van der Waals surface area contributed by atoms with Crippen LogP contribution in [0.2, 0.25) is 5.02 Å². The van der Waals surface area contributed by atoms with E-state index in [1.807, 2.05) is 30.3 Å². The van der Waals surface area contributed by atoms with E-state index in [9.17, 15) is 14.7 Å². The highest BCUT2D eigenvalue weighted by Gasteiger charge is 2.30. The van der Waals surface area contributed by atoms with E-state index in [-0.39, 0.29) is 5.56 Å². The number of aliphatic hydroxyl groups is 1. The van der Waals surface area contributed by atoms with Crippen molar-refractivity contribution >= 4 is 23.4 Å². The first-order valence-corrected chi connectivity index (χ1v) is 8.14. The number of aliphatic hydroxyl groups excluding tert-OH is 1. The molecule has 2 amide bonds. The summed E-state index contributed by atoms with van der Waals surface area (Å²) >= 11 is 5.82. The lowest BCUT2D eigenvalue weighted by atomic mass is 10.0. The molecular formula is C18H20ClN3O3. The molecule has 2 aromatic rings. The van der Waals surface area contributed by atoms with Crippen LogP contribution in [0.25, 0.3) is 0 Å². The van der Waals surface area contributed by atoms with Crippen LogP contribution in [0.15, 0.2) is 54.6 Å². The third-order valence-electron chi connectivity index (χ3n) is 3.80. The molecule has 2 atom stereocenters. The number of halogens is 1. The lowest BCUT2D eigenvalue weighted by molar-refractivity contribution is -0.138. The molecule has 0 aliphatic rings. The summed E-state index contributed by atoms with van der Waals surface area (Å²) < 4.78 is 0. The van der Waals surface area contributed by atoms with Gasteiger partial charge >= 0.3 is 0 Å². The van der Waals surface area contributed by atoms with Gasteiger partial charge in [0.2, 0.25) is 0 Å². The molecule has 0 aliphatic heterocycles. The zero-order valence-corrected chi connectivity index (χ0v) is 14.3. The van der Waals surface area contributed by atoms with Gasteiger partial charge in [-0.2, -0.15) is 0 Å². The number of carbonyl (C=O) groups is 2. The molecule has 0 heterocycles. The molecule has 0 saturated heterocycles. The number of imide groups is 1. The van der Waals surface area contributed by atoms with Gasteiger partial charge in [-0.3, -0.25) is 9.59 Å². The first kappa shape index (κ1) is 19.1. The summed E-state index contributed by atoms with van der Waals surface area (Å²) in [6, 6.07) is 14.7. The Hall–Kier alpha value is -2.25. The van der Waals surface area contributed by atoms with E-state index in [4.69, 9.17) is 23.2 Å². The largest absolute Gasteiger partial charge is 0.382 e. The molecule has 0 aliphatic carbocycles. The van der Waals surface area contributed by atoms with Crippen LogP contribution >= 0.6 is 11.6 Å². The second kappa shape index (κ2) is 8.73. The van der Waals surface area contributed by atoms with Crippen LogP contribution in [-0.4, -0.2) is 34.1 Å². The molecule has 25 heavy (non-hydrogen) atoms. The highest BCUT2D eigenvalue weighted by Crippen LogP contribution is 2.13. The van der Waals surface area contributed by atoms with Crippen LogP contribution in [0.5, 0.6) is 0 Å². The van der Waals surface area contributed by atoms with Crippen LogP contribution < -0.4 is 11.6 Å². The summed E-state index contributed by atoms with van der Waals surface area (Å²) in [5.74, 6) is 3.85. The molecule has 2 aromatic carbocycles. The Morgan fingerprint density at radius 1 is 1.12 bits per heavy atom. The molecule has 5 N–H and O–H groups in total. The number of carbonyl (C=O) groups excluding carboxylic acids is 2. The average Bonchev–Trinajstić information content (AvgIpc) is 2.64. The molecule has 0 saturated carbocycles. The molecule has 0 bridgehead atoms. The van der Waals surface area contributed by atoms with Gasteiger partial charge in [0.05, 0.1) is 0 Å². The predicted octanol–water partition coefficient (Wildman–Crippen LogP) is 1.50. The van der Waals surface area contributed by atoms with Crippen molar-refractivity contribution < 1.29 is 14.7 Å². The Kier molecular flexibility index (Phi) is 6.66. The van der Waals surface area contributed by atoms with Crippen molar-refractivity contribution in [1.29, 1.82) is 0 Å². The second-order valence-electron chi connectivity index (χ2n) is 5.66. The van der Waals surface area contributed by atoms with Gasteiger partial charge in [0.25, 0.3) is 11.8 Å². The van der Waals surface area contributed by atoms with E-state index >= 15 is 0 Å². The van der Waals surface area contributed by atoms with Crippen LogP contribution in [0, 0.1) is 0 Å². The maximum atomic E-state index is 12.2. The fourth-order valence-corrected chi connectivity index (χ4v) is 2.51. The van der Waals surface area contributed by atoms with E-state index < -0.39 is 24.0 Å². The van der Waals surface area contributed by atoms with Crippen molar-refractivity contribution in [2.75, 3.05) is 0 Å². The number of nitrogens with zero attached hydrogens (tertiary/aromatic N) is 1. The number of hydrogen-bond acceptors (Lipinski definition) is 5. The smallest absolute Gasteiger partial charge is 0.274 e. The zero-order chi connectivity index (χ0) is 18.4. The number of hydrogen-bond donors (Lipinski definition) is 3. The molecular weight excluding hydrogens is 342 g/mol. The van der Waals surface area contributed by atoms with Gasteiger partial charge in [-0.15, -0.1) is 0 Å². The van der Waals surface area contributed by atoms with Gasteiger partial charge in [-0.05, 0) is 36.6 Å². The first-order valence-electron chi connectivity index (χ1n) is 7.76. The third-order valence-corrected chi connectivity index (χ3v) is 4.03. The van der Waals surface area contributed by atoms with E-state index in [0.29, 0.717) is 22.9 Å². The van der Waals surface area contributed by atoms with Gasteiger partial charge in [0.1, 0.15) is 6.10 Å². The van der Waals surface area contributed by atoms with Crippen molar-refractivity contribution in [1.82, 2.24) is 5.01 Å². The van der Waals surface area contributed by atoms with Crippen LogP contribution in [-0.2, 0) is 11.2 Å². The van der Waals surface area contributed by atoms with Crippen LogP contribution in [0.4, 0.5) is 0 Å². The van der Waals surface area contributed by atoms with Gasteiger partial charge in [-0.1, -0.05) is 48.0 Å². The standard InChI is InChI=1S/C18H20ClN3O3/c19-14-8-4-7-13(11-14)17(24)22(21)18(25)16(23)15(20)10-9-12-5-2-1-3-6-12/h1-8,11,15-16,23H,9-10,20-21H2/t15-,16+/m1/s1. The van der Waals surface area contributed by atoms with Gasteiger partial charge < -0.3 is 10.8 Å². The predicted molar refractivity (Wildman–Crippen MR) is 95.6 cm³/mol. The van der Waals surface area contributed by atoms with E-state index in [1.54, 1.807) is 12.1 Å². The first-order chi connectivity index (χ1) is 11.9. The lowest BCUT2D eigenvalue weighted by Gasteiger charge is -2.22. The van der Waals surface area contributed by atoms with Crippen molar-refractivity contribution in [3.63, 3.8) is 0 Å². The fraction of sp³-hybridized carbons (Fsp3) is 0.222. The number of amides is 2. The molecule has 0 fully saturated rings. The zero-order valence-electron chi connectivity index (χ0n) is 13.5. The van der Waals surface area contributed by atoms with Crippen molar-refractivity contribution in [2.45, 2.75) is 25.0 Å². The number of nitrogens with two attached hydrogens (primary N) is 2. The highest BCUT2D eigenvalue weighted by molar-refractivity contribution is 6.31. The quantitative estimate of drug-likeness (QED) is 0.410. The SMILES string of the molecule is N[C@H](CCc1ccccc1)[C@H](O)C(=O)N(N)C(=O)c1cccc(Cl)c1. The normalized spacial score (nSPS) is 13.1. The molecule has 132 valence electrons. The summed E-state index contributed by atoms with van der Waals surface area (Å²) in [5.41, 5.74) is 7.07. The maximum absolute atomic E-state index is 12.2. The van der Waals surface area contributed by atoms with Crippen molar-refractivity contribution in [2.24, 2.45) is 11.6 Å². The summed E-state index contributed by atoms with van der Waals surface area (Å²) in [6.07, 6.45) is -0.605. The van der Waals surface area contributed by atoms with Gasteiger partial charge in [0, 0.05) is 16.6 Å². The van der Waals surface area contributed by atoms with Gasteiger partial charge in [0.15, 0.2) is 0 Å². The summed E-state index contributed by atoms with van der Waals surface area (Å²) in [4.78, 5) is 24.4. The molecule has 7 heteroatoms. The van der Waals surface area contributed by atoms with Crippen LogP contribution in [0.1, 0.15) is 22.3 Å². The Bertz CT molecular complexity index is 739. The summed E-state index contributed by atoms with van der Waals surface area (Å²) in [6.45, 7) is 0. The Balaban J connectivity index is 1.96. The van der Waals surface area contributed by atoms with Crippen LogP contribution in [0.3, 0.4) is 0 Å². The molecule has 0 unspecified atom stereocenters. The van der Waals surface area contributed by atoms with E-state index in [1.165, 1.54) is 12.1 Å². The Labute approximate surface area is 151 Å². The summed E-state index contributed by atoms with van der Waals surface area (Å²) in [7, 11) is 0. The minimum Gasteiger partial charge on any atom is -0.382 e. The Morgan fingerprint density at radius 3 is 2.44 bits per heavy atom.